The summed E-state index contributed by atoms with van der Waals surface area (Å²) in [7, 11) is 2.41. The molecule has 0 heterocycles. The largest absolute Gasteiger partial charge is 0.481 e. The van der Waals surface area contributed by atoms with Crippen LogP contribution in [0, 0.1) is 0 Å². The average molecular weight is 478 g/mol. The highest BCUT2D eigenvalue weighted by Gasteiger charge is 2.16. The van der Waals surface area contributed by atoms with Crippen molar-refractivity contribution >= 4 is 29.8 Å². The zero-order valence-electron chi connectivity index (χ0n) is 18.2. The molecule has 0 aliphatic rings. The molecule has 12 nitrogen and oxygen atoms in total. The number of aromatic carboxylic acids is 1. The maximum Gasteiger partial charge on any atom is 0.344 e. The van der Waals surface area contributed by atoms with Gasteiger partial charge in [0, 0.05) is 0 Å². The summed E-state index contributed by atoms with van der Waals surface area (Å²) in [5.41, 5.74) is 0.0501. The van der Waals surface area contributed by atoms with Gasteiger partial charge in [-0.1, -0.05) is 24.3 Å². The zero-order valence-corrected chi connectivity index (χ0v) is 18.2. The van der Waals surface area contributed by atoms with Gasteiger partial charge in [0.1, 0.15) is 22.6 Å². The number of aliphatic carboxylic acids is 1. The van der Waals surface area contributed by atoms with Gasteiger partial charge in [0.2, 0.25) is 0 Å². The first-order valence-electron chi connectivity index (χ1n) is 9.39. The molecule has 0 saturated heterocycles. The van der Waals surface area contributed by atoms with Crippen LogP contribution in [0.25, 0.3) is 0 Å². The van der Waals surface area contributed by atoms with Crippen molar-refractivity contribution in [2.45, 2.75) is 0 Å². The second-order valence-corrected chi connectivity index (χ2v) is 6.00. The zero-order chi connectivity index (χ0) is 25.5. The molecule has 0 fully saturated rings. The molecule has 182 valence electrons. The summed E-state index contributed by atoms with van der Waals surface area (Å²) in [6.45, 7) is -1.39. The minimum absolute atomic E-state index is 0.0475. The third kappa shape index (κ3) is 9.68. The Morgan fingerprint density at radius 2 is 1.15 bits per heavy atom. The van der Waals surface area contributed by atoms with Crippen LogP contribution < -0.4 is 9.47 Å². The third-order valence-corrected chi connectivity index (χ3v) is 3.70. The van der Waals surface area contributed by atoms with E-state index in [4.69, 9.17) is 24.4 Å². The Balaban J connectivity index is 0.000000362. The van der Waals surface area contributed by atoms with Gasteiger partial charge in [-0.2, -0.15) is 0 Å². The van der Waals surface area contributed by atoms with Gasteiger partial charge in [-0.3, -0.25) is 0 Å². The fourth-order valence-electron chi connectivity index (χ4n) is 2.13. The number of hydrogen-bond donors (Lipinski definition) is 2. The van der Waals surface area contributed by atoms with E-state index in [-0.39, 0.29) is 29.2 Å². The number of methoxy groups -OCH3 is 2. The molecule has 0 aliphatic heterocycles. The van der Waals surface area contributed by atoms with E-state index < -0.39 is 43.1 Å². The number of carboxylic acids is 2. The Kier molecular flexibility index (Phi) is 11.7. The van der Waals surface area contributed by atoms with Crippen molar-refractivity contribution in [3.8, 4) is 11.5 Å². The van der Waals surface area contributed by atoms with Gasteiger partial charge in [-0.25, -0.2) is 24.0 Å². The third-order valence-electron chi connectivity index (χ3n) is 3.70. The predicted octanol–water partition coefficient (Wildman–Crippen LogP) is 1.42. The number of carbonyl (C=O) groups is 5. The fourth-order valence-corrected chi connectivity index (χ4v) is 2.13. The Hall–Kier alpha value is -4.61. The fraction of sp³-hybridized carbons (Fsp3) is 0.227. The number of carboxylic acid groups (broad SMARTS) is 2. The maximum absolute atomic E-state index is 11.8. The molecule has 2 N–H and O–H groups in total. The Morgan fingerprint density at radius 1 is 0.676 bits per heavy atom. The van der Waals surface area contributed by atoms with Crippen LogP contribution in [-0.4, -0.2) is 74.1 Å². The van der Waals surface area contributed by atoms with Crippen molar-refractivity contribution in [1.82, 2.24) is 0 Å². The lowest BCUT2D eigenvalue weighted by Crippen LogP contribution is -2.17. The van der Waals surface area contributed by atoms with E-state index in [0.29, 0.717) is 0 Å². The number of esters is 3. The van der Waals surface area contributed by atoms with Gasteiger partial charge in [0.25, 0.3) is 0 Å². The number of carbonyl (C=O) groups excluding carboxylic acids is 3. The molecule has 2 rings (SSSR count). The van der Waals surface area contributed by atoms with Gasteiger partial charge in [-0.15, -0.1) is 0 Å². The Bertz CT molecular complexity index is 1010. The molecule has 0 aliphatic carbocycles. The maximum atomic E-state index is 11.8. The molecule has 0 amide bonds. The van der Waals surface area contributed by atoms with Crippen LogP contribution in [0.15, 0.2) is 48.5 Å². The van der Waals surface area contributed by atoms with E-state index in [2.05, 4.69) is 9.47 Å². The van der Waals surface area contributed by atoms with Crippen molar-refractivity contribution < 1.29 is 57.9 Å². The summed E-state index contributed by atoms with van der Waals surface area (Å²) in [5, 5.41) is 17.0. The van der Waals surface area contributed by atoms with Crippen LogP contribution in [0.2, 0.25) is 0 Å². The van der Waals surface area contributed by atoms with Crippen molar-refractivity contribution in [2.75, 3.05) is 34.0 Å². The highest BCUT2D eigenvalue weighted by atomic mass is 16.6. The first kappa shape index (κ1) is 27.4. The monoisotopic (exact) mass is 478 g/mol. The van der Waals surface area contributed by atoms with E-state index >= 15 is 0 Å². The SMILES string of the molecule is COC(=O)COC(=O)c1ccccc1OCC(=O)OC.O=C(O)COc1ccccc1C(=O)O. The molecule has 0 aromatic heterocycles. The van der Waals surface area contributed by atoms with Crippen molar-refractivity contribution in [3.05, 3.63) is 59.7 Å². The molecule has 2 aromatic rings. The van der Waals surface area contributed by atoms with E-state index in [1.54, 1.807) is 18.2 Å². The summed E-state index contributed by atoms with van der Waals surface area (Å²) < 4.78 is 23.5. The van der Waals surface area contributed by atoms with Crippen LogP contribution in [0.4, 0.5) is 0 Å². The van der Waals surface area contributed by atoms with Crippen LogP contribution in [0.5, 0.6) is 11.5 Å². The quantitative estimate of drug-likeness (QED) is 0.372. The van der Waals surface area contributed by atoms with Gasteiger partial charge < -0.3 is 33.9 Å². The molecule has 0 bridgehead atoms. The van der Waals surface area contributed by atoms with E-state index in [1.165, 1.54) is 44.6 Å². The summed E-state index contributed by atoms with van der Waals surface area (Å²) >= 11 is 0. The average Bonchev–Trinajstić information content (AvgIpc) is 2.84. The van der Waals surface area contributed by atoms with E-state index in [0.717, 1.165) is 0 Å². The first-order chi connectivity index (χ1) is 16.2. The molecule has 0 radical (unpaired) electrons. The normalized spacial score (nSPS) is 9.47. The molecule has 0 unspecified atom stereocenters. The standard InChI is InChI=1S/C13H14O7.C9H8O5/c1-17-11(14)7-19-10-6-4-3-5-9(10)13(16)20-8-12(15)18-2;10-8(11)5-14-7-4-2-1-3-6(7)9(12)13/h3-6H,7-8H2,1-2H3;1-4H,5H2,(H,10,11)(H,12,13). The molecular formula is C22H22O12. The second kappa shape index (κ2) is 14.5. The number of para-hydroxylation sites is 2. The topological polar surface area (TPSA) is 172 Å². The number of hydrogen-bond acceptors (Lipinski definition) is 10. The van der Waals surface area contributed by atoms with Crippen LogP contribution >= 0.6 is 0 Å². The predicted molar refractivity (Wildman–Crippen MR) is 113 cm³/mol. The molecule has 0 spiro atoms. The second-order valence-electron chi connectivity index (χ2n) is 6.00. The lowest BCUT2D eigenvalue weighted by atomic mass is 10.2. The van der Waals surface area contributed by atoms with E-state index in [1.807, 2.05) is 0 Å². The molecule has 0 saturated carbocycles. The van der Waals surface area contributed by atoms with Crippen molar-refractivity contribution in [3.63, 3.8) is 0 Å². The Labute approximate surface area is 193 Å². The van der Waals surface area contributed by atoms with Crippen LogP contribution in [-0.2, 0) is 28.6 Å². The van der Waals surface area contributed by atoms with Gasteiger partial charge in [0.15, 0.2) is 19.8 Å². The summed E-state index contributed by atoms with van der Waals surface area (Å²) in [6.07, 6.45) is 0. The van der Waals surface area contributed by atoms with Gasteiger partial charge in [0.05, 0.1) is 14.2 Å². The molecular weight excluding hydrogens is 456 g/mol. The summed E-state index contributed by atoms with van der Waals surface area (Å²) in [5.74, 6) is -4.09. The molecule has 0 atom stereocenters. The highest BCUT2D eigenvalue weighted by molar-refractivity contribution is 5.93. The smallest absolute Gasteiger partial charge is 0.344 e. The number of ether oxygens (including phenoxy) is 5. The van der Waals surface area contributed by atoms with Gasteiger partial charge >= 0.3 is 29.8 Å². The minimum atomic E-state index is -1.15. The number of benzene rings is 2. The lowest BCUT2D eigenvalue weighted by Gasteiger charge is -2.09. The van der Waals surface area contributed by atoms with Crippen LogP contribution in [0.3, 0.4) is 0 Å². The lowest BCUT2D eigenvalue weighted by molar-refractivity contribution is -0.144. The summed E-state index contributed by atoms with van der Waals surface area (Å²) in [6, 6.07) is 12.0. The Morgan fingerprint density at radius 3 is 1.68 bits per heavy atom. The summed E-state index contributed by atoms with van der Waals surface area (Å²) in [4.78, 5) is 54.5. The molecule has 34 heavy (non-hydrogen) atoms. The highest BCUT2D eigenvalue weighted by Crippen LogP contribution is 2.19. The first-order valence-corrected chi connectivity index (χ1v) is 9.39. The molecule has 2 aromatic carbocycles. The van der Waals surface area contributed by atoms with E-state index in [9.17, 15) is 24.0 Å². The van der Waals surface area contributed by atoms with Crippen molar-refractivity contribution in [2.24, 2.45) is 0 Å². The van der Waals surface area contributed by atoms with Crippen LogP contribution in [0.1, 0.15) is 20.7 Å². The minimum Gasteiger partial charge on any atom is -0.481 e. The molecule has 12 heteroatoms. The number of rotatable bonds is 10. The van der Waals surface area contributed by atoms with Gasteiger partial charge in [-0.05, 0) is 24.3 Å². The van der Waals surface area contributed by atoms with Crippen molar-refractivity contribution in [1.29, 1.82) is 0 Å².